The van der Waals surface area contributed by atoms with Crippen LogP contribution in [0.25, 0.3) is 33.4 Å². The van der Waals surface area contributed by atoms with Gasteiger partial charge in [-0.3, -0.25) is 56.3 Å². The first-order chi connectivity index (χ1) is 54.7. The van der Waals surface area contributed by atoms with E-state index in [1.54, 1.807) is 127 Å². The first-order valence-electron chi connectivity index (χ1n) is 35.6. The van der Waals surface area contributed by atoms with Gasteiger partial charge in [0, 0.05) is 135 Å². The Kier molecular flexibility index (Phi) is 22.3. The molecule has 42 heteroatoms. The molecule has 9 heterocycles. The molecule has 3 fully saturated rings. The number of nitrogens with one attached hydrogen (secondary N) is 3. The third kappa shape index (κ3) is 18.5. The molecule has 3 N–H and O–H groups in total. The minimum Gasteiger partial charge on any atom is -0.352 e. The molecule has 27 nitrogen and oxygen atoms in total. The number of sulfonamides is 3. The summed E-state index contributed by atoms with van der Waals surface area (Å²) in [6.45, 7) is 0. The van der Waals surface area contributed by atoms with Gasteiger partial charge in [0.1, 0.15) is 34.4 Å². The van der Waals surface area contributed by atoms with Crippen molar-refractivity contribution < 1.29 is 92.3 Å². The Labute approximate surface area is 661 Å². The van der Waals surface area contributed by atoms with E-state index in [0.717, 1.165) is 48.4 Å². The summed E-state index contributed by atoms with van der Waals surface area (Å²) >= 11 is 0. The van der Waals surface area contributed by atoms with E-state index in [4.69, 9.17) is 0 Å². The lowest BCUT2D eigenvalue weighted by Gasteiger charge is -2.22. The van der Waals surface area contributed by atoms with Crippen molar-refractivity contribution in [2.24, 2.45) is 53.9 Å². The highest BCUT2D eigenvalue weighted by molar-refractivity contribution is 7.92. The number of aromatic nitrogens is 9. The maximum absolute atomic E-state index is 13.5. The minimum atomic E-state index is -3.72. The lowest BCUT2D eigenvalue weighted by Crippen LogP contribution is -2.25. The molecule has 3 atom stereocenters. The van der Waals surface area contributed by atoms with Gasteiger partial charge >= 0.3 is 0 Å². The van der Waals surface area contributed by atoms with Crippen molar-refractivity contribution in [3.63, 3.8) is 0 Å². The molecule has 3 aromatic carbocycles. The molecule has 0 amide bonds. The Hall–Kier alpha value is -11.4. The number of Topliss-reactive ketones (excluding diaryl/α,β-unsaturated/α-hetero) is 3. The maximum atomic E-state index is 13.5. The summed E-state index contributed by atoms with van der Waals surface area (Å²) in [4.78, 5) is 62.1. The summed E-state index contributed by atoms with van der Waals surface area (Å²) in [5.41, 5.74) is 6.43. The molecular weight excluding hydrogens is 1620 g/mol. The third-order valence-electron chi connectivity index (χ3n) is 20.1. The molecule has 3 aliphatic heterocycles. The molecule has 9 aromatic rings. The number of carbonyl (C=O) groups is 3. The summed E-state index contributed by atoms with van der Waals surface area (Å²) in [7, 11) is -1.81. The highest BCUT2D eigenvalue weighted by Gasteiger charge is 2.62. The average Bonchev–Trinajstić information content (AvgIpc) is 1.73. The molecule has 3 aliphatic carbocycles. The van der Waals surface area contributed by atoms with Gasteiger partial charge in [-0.2, -0.15) is 15.3 Å². The molecule has 6 aromatic heterocycles. The summed E-state index contributed by atoms with van der Waals surface area (Å²) < 4.78 is 244. The second kappa shape index (κ2) is 31.2. The monoisotopic (exact) mass is 1690 g/mol. The number of ketones is 3. The van der Waals surface area contributed by atoms with Crippen molar-refractivity contribution in [1.82, 2.24) is 44.3 Å². The van der Waals surface area contributed by atoms with Gasteiger partial charge in [0.2, 0.25) is 30.1 Å². The number of carbonyl (C=O) groups excluding carboxylic acids is 3. The number of nitrogens with zero attached hydrogens (tertiary/aromatic N) is 15. The van der Waals surface area contributed by atoms with Crippen LogP contribution in [0.3, 0.4) is 0 Å². The van der Waals surface area contributed by atoms with E-state index in [1.807, 2.05) is 0 Å². The Morgan fingerprint density at radius 1 is 0.410 bits per heavy atom. The zero-order chi connectivity index (χ0) is 84.8. The van der Waals surface area contributed by atoms with Crippen molar-refractivity contribution >= 4 is 133 Å². The second-order valence-electron chi connectivity index (χ2n) is 29.1. The van der Waals surface area contributed by atoms with E-state index in [1.165, 1.54) is 39.3 Å². The van der Waals surface area contributed by atoms with Gasteiger partial charge in [0.05, 0.1) is 158 Å². The second-order valence-corrected chi connectivity index (χ2v) is 35.1. The van der Waals surface area contributed by atoms with Crippen LogP contribution in [0.5, 0.6) is 0 Å². The number of aliphatic imine (C=N–C) groups is 3. The van der Waals surface area contributed by atoms with Gasteiger partial charge in [-0.25, -0.2) is 92.9 Å². The first-order valence-corrected chi connectivity index (χ1v) is 41.1. The number of hydrogen-bond donors (Lipinski definition) is 3. The van der Waals surface area contributed by atoms with Crippen molar-refractivity contribution in [3.05, 3.63) is 144 Å². The van der Waals surface area contributed by atoms with Gasteiger partial charge in [-0.1, -0.05) is 18.2 Å². The summed E-state index contributed by atoms with van der Waals surface area (Å²) in [6, 6.07) is 19.1. The quantitative estimate of drug-likeness (QED) is 0.0403. The number of hydrogen-bond acceptors (Lipinski definition) is 21. The third-order valence-corrected chi connectivity index (χ3v) is 23.6. The van der Waals surface area contributed by atoms with E-state index in [9.17, 15) is 92.3 Å². The fourth-order valence-electron chi connectivity index (χ4n) is 13.2. The largest absolute Gasteiger partial charge is 0.352 e. The van der Waals surface area contributed by atoms with E-state index in [0.29, 0.717) is 33.8 Å². The van der Waals surface area contributed by atoms with E-state index in [-0.39, 0.29) is 105 Å². The molecule has 6 aliphatic rings. The molecule has 0 saturated heterocycles. The van der Waals surface area contributed by atoms with Crippen molar-refractivity contribution in [3.8, 4) is 33.4 Å². The van der Waals surface area contributed by atoms with E-state index in [2.05, 4.69) is 61.2 Å². The molecule has 0 bridgehead atoms. The van der Waals surface area contributed by atoms with Crippen LogP contribution in [0.4, 0.5) is 121 Å². The van der Waals surface area contributed by atoms with E-state index < -0.39 is 158 Å². The van der Waals surface area contributed by atoms with Gasteiger partial charge in [-0.05, 0) is 71.3 Å². The first kappa shape index (κ1) is 83.5. The van der Waals surface area contributed by atoms with Gasteiger partial charge in [0.25, 0.3) is 37.0 Å². The summed E-state index contributed by atoms with van der Waals surface area (Å²) in [5.74, 6) is -15.3. The van der Waals surface area contributed by atoms with Crippen LogP contribution in [0, 0.1) is 17.8 Å². The predicted molar refractivity (Wildman–Crippen MR) is 414 cm³/mol. The number of pyridine rings is 3. The van der Waals surface area contributed by atoms with Gasteiger partial charge in [0.15, 0.2) is 0 Å². The van der Waals surface area contributed by atoms with Crippen LogP contribution >= 0.6 is 0 Å². The predicted octanol–water partition coefficient (Wildman–Crippen LogP) is 12.8. The molecule has 0 spiro atoms. The van der Waals surface area contributed by atoms with Crippen LogP contribution in [0.1, 0.15) is 53.4 Å². The standard InChI is InChI=1S/3C25H24F4N6O3S/c3*1-34-12-14(11-30-34)13-4-5-17(21(6-13)35(2)39(3,37)38)32-18-7-15(8-22(36)16-10-25(16,28)29)31-19-9-20(24(26)27)33-23(18)19/h3*4-7,11-12,16,24H,8-10H2,1-3H3,(H,31,32)/t2*16-;/m10./s1. The number of benzene rings is 3. The summed E-state index contributed by atoms with van der Waals surface area (Å²) in [6.07, 6.45) is 1.17. The Morgan fingerprint density at radius 3 is 0.846 bits per heavy atom. The zero-order valence-corrected chi connectivity index (χ0v) is 65.8. The van der Waals surface area contributed by atoms with Crippen molar-refractivity contribution in [2.75, 3.05) is 68.8 Å². The molecule has 15 rings (SSSR count). The minimum absolute atomic E-state index is 0.113. The lowest BCUT2D eigenvalue weighted by atomic mass is 10.1. The van der Waals surface area contributed by atoms with Crippen LogP contribution in [0.2, 0.25) is 0 Å². The number of rotatable bonds is 27. The van der Waals surface area contributed by atoms with E-state index >= 15 is 0 Å². The van der Waals surface area contributed by atoms with Gasteiger partial charge < -0.3 is 16.0 Å². The van der Waals surface area contributed by atoms with Crippen LogP contribution in [-0.4, -0.2) is 181 Å². The summed E-state index contributed by atoms with van der Waals surface area (Å²) in [5, 5.41) is 21.6. The van der Waals surface area contributed by atoms with Crippen LogP contribution in [-0.2, 0) is 104 Å². The van der Waals surface area contributed by atoms with Gasteiger partial charge in [-0.15, -0.1) is 0 Å². The fraction of sp³-hybridized carbons (Fsp3) is 0.360. The molecular formula is C75H72F12N18O9S3. The molecule has 3 saturated carbocycles. The zero-order valence-electron chi connectivity index (χ0n) is 63.4. The number of aryl methyl sites for hydroxylation is 3. The average molecular weight is 1690 g/mol. The Morgan fingerprint density at radius 2 is 0.650 bits per heavy atom. The molecule has 1 unspecified atom stereocenters. The molecule has 0 radical (unpaired) electrons. The number of anilines is 9. The molecule has 618 valence electrons. The SMILES string of the molecule is CN(c1cc(-c2cnn(C)c2)ccc1Nc1cc(CC(=O)C2CC2(F)F)nc2c1N=C(C(F)F)C2)S(C)(=O)=O.CN(c1cc(-c2cnn(C)c2)ccc1Nc1cc(CC(=O)[C@@H]2CC2(F)F)nc2c1N=C(C(F)F)C2)S(C)(=O)=O.CN(c1cc(-c2cnn(C)c2)ccc1Nc1cc(CC(=O)[C@H]2CC2(F)F)nc2c1N=C(C(F)F)C2)S(C)(=O)=O. The Bertz CT molecular complexity index is 5430. The fourth-order valence-corrected chi connectivity index (χ4v) is 14.7. The number of alkyl halides is 12. The highest BCUT2D eigenvalue weighted by Crippen LogP contribution is 2.53. The topological polar surface area (TPSA) is 329 Å². The normalized spacial score (nSPS) is 17.6. The van der Waals surface area contributed by atoms with Crippen molar-refractivity contribution in [2.45, 2.75) is 94.8 Å². The van der Waals surface area contributed by atoms with Crippen LogP contribution < -0.4 is 28.9 Å². The van der Waals surface area contributed by atoms with Crippen LogP contribution in [0.15, 0.2) is 125 Å². The number of fused-ring (bicyclic) bond motifs is 3. The Balaban J connectivity index is 0.000000152. The lowest BCUT2D eigenvalue weighted by molar-refractivity contribution is -0.122. The highest BCUT2D eigenvalue weighted by atomic mass is 32.2. The smallest absolute Gasteiger partial charge is 0.277 e. The molecule has 117 heavy (non-hydrogen) atoms. The maximum Gasteiger partial charge on any atom is 0.277 e. The number of halogens is 12. The van der Waals surface area contributed by atoms with Crippen molar-refractivity contribution in [1.29, 1.82) is 0 Å².